The Kier molecular flexibility index (Phi) is 5.12. The number of hydrogen-bond donors (Lipinski definition) is 1. The predicted octanol–water partition coefficient (Wildman–Crippen LogP) is 1.42. The fourth-order valence-electron chi connectivity index (χ4n) is 2.03. The maximum absolute atomic E-state index is 11.7. The van der Waals surface area contributed by atoms with Gasteiger partial charge in [0, 0.05) is 19.4 Å². The first-order valence-electron chi connectivity index (χ1n) is 6.12. The van der Waals surface area contributed by atoms with E-state index >= 15 is 0 Å². The van der Waals surface area contributed by atoms with E-state index in [0.29, 0.717) is 32.1 Å². The van der Waals surface area contributed by atoms with Gasteiger partial charge in [0.25, 0.3) is 0 Å². The van der Waals surface area contributed by atoms with E-state index < -0.39 is 11.9 Å². The van der Waals surface area contributed by atoms with Crippen molar-refractivity contribution in [1.82, 2.24) is 4.90 Å². The Morgan fingerprint density at radius 3 is 2.24 bits per heavy atom. The van der Waals surface area contributed by atoms with Crippen LogP contribution in [0, 0.1) is 5.92 Å². The van der Waals surface area contributed by atoms with Gasteiger partial charge in [-0.2, -0.15) is 0 Å². The summed E-state index contributed by atoms with van der Waals surface area (Å²) in [6.45, 7) is 1.92. The third-order valence-corrected chi connectivity index (χ3v) is 3.02. The van der Waals surface area contributed by atoms with E-state index in [-0.39, 0.29) is 18.4 Å². The molecule has 0 aliphatic carbocycles. The normalized spacial score (nSPS) is 19.0. The molecule has 1 unspecified atom stereocenters. The number of nitrogens with zero attached hydrogens (tertiary/aromatic N) is 1. The lowest BCUT2D eigenvalue weighted by Gasteiger charge is -2.22. The lowest BCUT2D eigenvalue weighted by atomic mass is 10.0. The highest BCUT2D eigenvalue weighted by atomic mass is 16.4. The molecule has 0 aromatic carbocycles. The number of carbonyl (C=O) groups excluding carboxylic acids is 2. The summed E-state index contributed by atoms with van der Waals surface area (Å²) in [5, 5.41) is 9.03. The van der Waals surface area contributed by atoms with Gasteiger partial charge in [0.05, 0.1) is 5.92 Å². The number of carbonyl (C=O) groups is 3. The molecule has 1 saturated heterocycles. The second kappa shape index (κ2) is 6.37. The third kappa shape index (κ3) is 3.84. The molecule has 0 saturated carbocycles. The van der Waals surface area contributed by atoms with E-state index in [1.807, 2.05) is 6.92 Å². The molecule has 1 aliphatic rings. The quantitative estimate of drug-likeness (QED) is 0.738. The van der Waals surface area contributed by atoms with Crippen LogP contribution in [0.2, 0.25) is 0 Å². The molecule has 5 nitrogen and oxygen atoms in total. The number of amides is 2. The molecule has 1 heterocycles. The Labute approximate surface area is 101 Å². The van der Waals surface area contributed by atoms with E-state index in [4.69, 9.17) is 5.11 Å². The largest absolute Gasteiger partial charge is 0.481 e. The van der Waals surface area contributed by atoms with Gasteiger partial charge in [0.2, 0.25) is 11.8 Å². The van der Waals surface area contributed by atoms with Crippen LogP contribution in [0.5, 0.6) is 0 Å². The lowest BCUT2D eigenvalue weighted by Crippen LogP contribution is -2.40. The molecule has 1 aliphatic heterocycles. The van der Waals surface area contributed by atoms with Crippen molar-refractivity contribution in [2.45, 2.75) is 45.4 Å². The summed E-state index contributed by atoms with van der Waals surface area (Å²) in [5.74, 6) is -2.02. The SMILES string of the molecule is CCCC(CN1C(=O)CCCCC1=O)C(=O)O. The van der Waals surface area contributed by atoms with Crippen molar-refractivity contribution in [3.05, 3.63) is 0 Å². The van der Waals surface area contributed by atoms with Crippen LogP contribution in [-0.4, -0.2) is 34.3 Å². The van der Waals surface area contributed by atoms with E-state index in [2.05, 4.69) is 0 Å². The van der Waals surface area contributed by atoms with Crippen LogP contribution in [0.25, 0.3) is 0 Å². The van der Waals surface area contributed by atoms with Crippen LogP contribution in [0.1, 0.15) is 45.4 Å². The first kappa shape index (κ1) is 13.7. The van der Waals surface area contributed by atoms with Crippen LogP contribution < -0.4 is 0 Å². The zero-order chi connectivity index (χ0) is 12.8. The van der Waals surface area contributed by atoms with Crippen molar-refractivity contribution in [2.75, 3.05) is 6.54 Å². The van der Waals surface area contributed by atoms with E-state index in [1.54, 1.807) is 0 Å². The fraction of sp³-hybridized carbons (Fsp3) is 0.750. The standard InChI is InChI=1S/C12H19NO4/c1-2-5-9(12(16)17)8-13-10(14)6-3-4-7-11(13)15/h9H,2-8H2,1H3,(H,16,17). The molecule has 5 heteroatoms. The van der Waals surface area contributed by atoms with Crippen molar-refractivity contribution < 1.29 is 19.5 Å². The van der Waals surface area contributed by atoms with Gasteiger partial charge in [0.15, 0.2) is 0 Å². The average molecular weight is 241 g/mol. The molecule has 0 spiro atoms. The number of aliphatic carboxylic acids is 1. The predicted molar refractivity (Wildman–Crippen MR) is 61.2 cm³/mol. The zero-order valence-electron chi connectivity index (χ0n) is 10.1. The van der Waals surface area contributed by atoms with Gasteiger partial charge < -0.3 is 5.11 Å². The highest BCUT2D eigenvalue weighted by Gasteiger charge is 2.29. The molecule has 17 heavy (non-hydrogen) atoms. The van der Waals surface area contributed by atoms with Gasteiger partial charge in [-0.15, -0.1) is 0 Å². The maximum Gasteiger partial charge on any atom is 0.308 e. The smallest absolute Gasteiger partial charge is 0.308 e. The number of hydrogen-bond acceptors (Lipinski definition) is 3. The molecule has 0 aromatic heterocycles. The lowest BCUT2D eigenvalue weighted by molar-refractivity contribution is -0.148. The molecule has 1 N–H and O–H groups in total. The molecule has 2 amide bonds. The molecular formula is C12H19NO4. The van der Waals surface area contributed by atoms with Crippen molar-refractivity contribution in [2.24, 2.45) is 5.92 Å². The minimum Gasteiger partial charge on any atom is -0.481 e. The maximum atomic E-state index is 11.7. The Hall–Kier alpha value is -1.39. The molecule has 96 valence electrons. The third-order valence-electron chi connectivity index (χ3n) is 3.02. The van der Waals surface area contributed by atoms with Gasteiger partial charge >= 0.3 is 5.97 Å². The van der Waals surface area contributed by atoms with E-state index in [0.717, 1.165) is 11.3 Å². The molecule has 0 radical (unpaired) electrons. The Balaban J connectivity index is 2.70. The summed E-state index contributed by atoms with van der Waals surface area (Å²) in [6.07, 6.45) is 3.35. The minimum atomic E-state index is -0.934. The number of rotatable bonds is 5. The van der Waals surface area contributed by atoms with Crippen molar-refractivity contribution in [3.63, 3.8) is 0 Å². The summed E-state index contributed by atoms with van der Waals surface area (Å²) < 4.78 is 0. The first-order valence-corrected chi connectivity index (χ1v) is 6.12. The van der Waals surface area contributed by atoms with Crippen LogP contribution in [-0.2, 0) is 14.4 Å². The second-order valence-electron chi connectivity index (χ2n) is 4.43. The zero-order valence-corrected chi connectivity index (χ0v) is 10.1. The highest BCUT2D eigenvalue weighted by Crippen LogP contribution is 2.16. The van der Waals surface area contributed by atoms with Crippen molar-refractivity contribution in [3.8, 4) is 0 Å². The number of carboxylic acid groups (broad SMARTS) is 1. The second-order valence-corrected chi connectivity index (χ2v) is 4.43. The molecular weight excluding hydrogens is 222 g/mol. The Morgan fingerprint density at radius 2 is 1.82 bits per heavy atom. The summed E-state index contributed by atoms with van der Waals surface area (Å²) in [5.41, 5.74) is 0. The van der Waals surface area contributed by atoms with Crippen molar-refractivity contribution in [1.29, 1.82) is 0 Å². The van der Waals surface area contributed by atoms with Crippen LogP contribution >= 0.6 is 0 Å². The average Bonchev–Trinajstić information content (AvgIpc) is 2.42. The Bertz CT molecular complexity index is 296. The van der Waals surface area contributed by atoms with Crippen molar-refractivity contribution >= 4 is 17.8 Å². The van der Waals surface area contributed by atoms with Crippen LogP contribution in [0.4, 0.5) is 0 Å². The fourth-order valence-corrected chi connectivity index (χ4v) is 2.03. The van der Waals surface area contributed by atoms with Crippen LogP contribution in [0.3, 0.4) is 0 Å². The number of carboxylic acids is 1. The monoisotopic (exact) mass is 241 g/mol. The summed E-state index contributed by atoms with van der Waals surface area (Å²) in [6, 6.07) is 0. The molecule has 0 aromatic rings. The Morgan fingerprint density at radius 1 is 1.29 bits per heavy atom. The minimum absolute atomic E-state index is 0.0286. The van der Waals surface area contributed by atoms with Gasteiger partial charge in [-0.3, -0.25) is 19.3 Å². The van der Waals surface area contributed by atoms with E-state index in [1.165, 1.54) is 0 Å². The number of imide groups is 1. The summed E-state index contributed by atoms with van der Waals surface area (Å²) in [7, 11) is 0. The topological polar surface area (TPSA) is 74.7 Å². The summed E-state index contributed by atoms with van der Waals surface area (Å²) in [4.78, 5) is 35.6. The van der Waals surface area contributed by atoms with Gasteiger partial charge in [-0.1, -0.05) is 13.3 Å². The first-order chi connectivity index (χ1) is 8.06. The molecule has 0 bridgehead atoms. The van der Waals surface area contributed by atoms with E-state index in [9.17, 15) is 14.4 Å². The highest BCUT2D eigenvalue weighted by molar-refractivity contribution is 5.96. The molecule has 1 atom stereocenters. The molecule has 1 rings (SSSR count). The van der Waals surface area contributed by atoms with Crippen LogP contribution in [0.15, 0.2) is 0 Å². The number of likely N-dealkylation sites (tertiary alicyclic amines) is 1. The van der Waals surface area contributed by atoms with Gasteiger partial charge in [-0.25, -0.2) is 0 Å². The molecule has 1 fully saturated rings. The summed E-state index contributed by atoms with van der Waals surface area (Å²) >= 11 is 0. The van der Waals surface area contributed by atoms with Gasteiger partial charge in [-0.05, 0) is 19.3 Å². The van der Waals surface area contributed by atoms with Gasteiger partial charge in [0.1, 0.15) is 0 Å².